The van der Waals surface area contributed by atoms with Gasteiger partial charge in [0.15, 0.2) is 46.5 Å². The molecule has 0 saturated carbocycles. The highest BCUT2D eigenvalue weighted by molar-refractivity contribution is 5.92. The maximum atomic E-state index is 17.1. The number of hydrogen-bond donors (Lipinski definition) is 0. The van der Waals surface area contributed by atoms with Gasteiger partial charge in [0, 0.05) is 45.3 Å². The van der Waals surface area contributed by atoms with Gasteiger partial charge in [0.2, 0.25) is 11.6 Å². The summed E-state index contributed by atoms with van der Waals surface area (Å²) in [6.07, 6.45) is 3.33. The topological polar surface area (TPSA) is 24.9 Å². The van der Waals surface area contributed by atoms with Crippen LogP contribution in [0.2, 0.25) is 0 Å². The number of benzene rings is 14. The van der Waals surface area contributed by atoms with E-state index in [4.69, 9.17) is 9.47 Å². The summed E-state index contributed by atoms with van der Waals surface area (Å²) in [5.74, 6) is -21.0. The maximum absolute atomic E-state index is 17.1. The Labute approximate surface area is 600 Å². The number of hydrogen-bond acceptors (Lipinski definition) is 4. The number of anilines is 6. The first-order valence-corrected chi connectivity index (χ1v) is 33.3. The first kappa shape index (κ1) is 67.4. The van der Waals surface area contributed by atoms with Gasteiger partial charge in [-0.05, 0) is 223 Å². The largest absolute Gasteiger partial charge is 0.457 e. The van der Waals surface area contributed by atoms with Crippen LogP contribution in [0.25, 0.3) is 45.5 Å². The molecular weight excluding hydrogens is 1370 g/mol. The first-order valence-electron chi connectivity index (χ1n) is 33.3. The van der Waals surface area contributed by atoms with Crippen molar-refractivity contribution >= 4 is 46.3 Å². The van der Waals surface area contributed by atoms with Crippen LogP contribution in [0.5, 0.6) is 23.0 Å². The molecule has 0 bridgehead atoms. The summed E-state index contributed by atoms with van der Waals surface area (Å²) >= 11 is 0. The molecule has 2 atom stereocenters. The van der Waals surface area contributed by atoms with Gasteiger partial charge in [-0.1, -0.05) is 159 Å². The van der Waals surface area contributed by atoms with Crippen molar-refractivity contribution in [2.75, 3.05) is 9.80 Å². The lowest BCUT2D eigenvalue weighted by molar-refractivity contribution is 0.363. The highest BCUT2D eigenvalue weighted by atomic mass is 19.2. The monoisotopic (exact) mass is 1420 g/mol. The Morgan fingerprint density at radius 2 is 0.519 bits per heavy atom. The third kappa shape index (κ3) is 11.0. The van der Waals surface area contributed by atoms with Crippen LogP contribution >= 0.6 is 0 Å². The quantitative estimate of drug-likeness (QED) is 0.0515. The molecule has 0 heterocycles. The van der Waals surface area contributed by atoms with Gasteiger partial charge in [-0.3, -0.25) is 0 Å². The van der Waals surface area contributed by atoms with Gasteiger partial charge in [-0.25, -0.2) is 52.7 Å². The second kappa shape index (κ2) is 26.6. The zero-order valence-electron chi connectivity index (χ0n) is 55.4. The predicted octanol–water partition coefficient (Wildman–Crippen LogP) is 25.6. The number of fused-ring (bicyclic) bond motifs is 6. The first-order chi connectivity index (χ1) is 51.4. The molecule has 14 aromatic rings. The number of rotatable bonds is 17. The lowest BCUT2D eigenvalue weighted by Crippen LogP contribution is -2.32. The van der Waals surface area contributed by atoms with Crippen LogP contribution in [0, 0.1) is 69.8 Å². The number of halogens is 12. The number of nitrogens with zero attached hydrogens (tertiary/aromatic N) is 2. The van der Waals surface area contributed by atoms with E-state index >= 15 is 43.9 Å². The molecule has 0 saturated heterocycles. The van der Waals surface area contributed by atoms with Crippen LogP contribution in [-0.4, -0.2) is 0 Å². The molecule has 2 aliphatic carbocycles. The van der Waals surface area contributed by atoms with Gasteiger partial charge in [0.05, 0.1) is 10.8 Å². The summed E-state index contributed by atoms with van der Waals surface area (Å²) in [6.45, 7) is 7.58. The van der Waals surface area contributed by atoms with Crippen LogP contribution in [-0.2, 0) is 10.8 Å². The third-order valence-corrected chi connectivity index (χ3v) is 19.8. The predicted molar refractivity (Wildman–Crippen MR) is 389 cm³/mol. The van der Waals surface area contributed by atoms with Crippen LogP contribution in [0.15, 0.2) is 292 Å². The van der Waals surface area contributed by atoms with Gasteiger partial charge in [-0.15, -0.1) is 0 Å². The molecule has 2 aliphatic rings. The molecule has 0 N–H and O–H groups in total. The van der Waals surface area contributed by atoms with Crippen LogP contribution in [0.1, 0.15) is 55.6 Å². The molecular formula is C90H52F12N2O2. The zero-order chi connectivity index (χ0) is 73.4. The van der Waals surface area contributed by atoms with Crippen molar-refractivity contribution in [3.63, 3.8) is 0 Å². The molecule has 16 rings (SSSR count). The van der Waals surface area contributed by atoms with Crippen molar-refractivity contribution in [3.05, 3.63) is 418 Å². The van der Waals surface area contributed by atoms with E-state index < -0.39 is 91.8 Å². The molecule has 0 fully saturated rings. The smallest absolute Gasteiger partial charge is 0.200 e. The van der Waals surface area contributed by atoms with Gasteiger partial charge >= 0.3 is 0 Å². The summed E-state index contributed by atoms with van der Waals surface area (Å²) < 4.78 is 205. The second-order valence-electron chi connectivity index (χ2n) is 25.5. The molecule has 2 unspecified atom stereocenters. The Hall–Kier alpha value is -13.1. The standard InChI is InChI=1S/C90H52F12N2O2/c1-3-51-13-39-65(40-14-51)105-67-43-21-55(22-44-67)89(77-79(93)83(97)87(101)84(98)80(77)94)73-11-7-5-9-69(73)71-47-37-63(49-75(71)89)103(61-33-25-57(91)26-34-61)59-29-17-53(18-30-59)54-19-31-60(32-20-54)104(62-35-27-58(92)28-36-62)64-38-48-72-70-10-6-8-12-74(70)90(76(72)50-64,78-81(95)85(99)88(102)86(100)82(78)96)56-23-45-68(46-24-56)106-66-41-15-52(4-2)16-42-66/h3-50H,1-2H2. The van der Waals surface area contributed by atoms with Gasteiger partial charge in [0.25, 0.3) is 0 Å². The summed E-state index contributed by atoms with van der Waals surface area (Å²) in [4.78, 5) is 3.50. The van der Waals surface area contributed by atoms with Crippen LogP contribution in [0.3, 0.4) is 0 Å². The summed E-state index contributed by atoms with van der Waals surface area (Å²) in [5, 5.41) is 0. The van der Waals surface area contributed by atoms with Crippen molar-refractivity contribution in [2.24, 2.45) is 0 Å². The fraction of sp³-hybridized carbons (Fsp3) is 0.0222. The maximum Gasteiger partial charge on any atom is 0.200 e. The molecule has 518 valence electrons. The van der Waals surface area contributed by atoms with E-state index in [1.54, 1.807) is 204 Å². The lowest BCUT2D eigenvalue weighted by atomic mass is 9.67. The molecule has 0 radical (unpaired) electrons. The Balaban J connectivity index is 0.795. The molecule has 4 nitrogen and oxygen atoms in total. The van der Waals surface area contributed by atoms with E-state index in [-0.39, 0.29) is 33.4 Å². The lowest BCUT2D eigenvalue weighted by Gasteiger charge is -2.35. The van der Waals surface area contributed by atoms with Crippen molar-refractivity contribution in [1.82, 2.24) is 0 Å². The van der Waals surface area contributed by atoms with E-state index in [2.05, 4.69) is 13.2 Å². The highest BCUT2D eigenvalue weighted by Crippen LogP contribution is 2.61. The molecule has 106 heavy (non-hydrogen) atoms. The average molecular weight is 1420 g/mol. The fourth-order valence-electron chi connectivity index (χ4n) is 15.0. The molecule has 0 aliphatic heterocycles. The summed E-state index contributed by atoms with van der Waals surface area (Å²) in [5.41, 5.74) is 1.48. The zero-order valence-corrected chi connectivity index (χ0v) is 55.4. The van der Waals surface area contributed by atoms with Gasteiger partial charge in [-0.2, -0.15) is 0 Å². The SMILES string of the molecule is C=Cc1ccc(Oc2ccc(C3(c4c(F)c(F)c(F)c(F)c4F)c4ccccc4-c4ccc(N(c5ccc(F)cc5)c5ccc(-c6ccc(N(c7ccc(F)cc7)c7ccc8c(c7)C(c7ccc(Oc9ccc(C=C)cc9)cc7)(c7c(F)c(F)c(F)c(F)c7F)c7ccccc7-8)cc6)cc5)cc43)cc2)cc1. The van der Waals surface area contributed by atoms with Gasteiger partial charge < -0.3 is 19.3 Å². The summed E-state index contributed by atoms with van der Waals surface area (Å²) in [7, 11) is 0. The Bertz CT molecular complexity index is 5400. The fourth-order valence-corrected chi connectivity index (χ4v) is 15.0. The van der Waals surface area contributed by atoms with E-state index in [0.717, 1.165) is 11.1 Å². The summed E-state index contributed by atoms with van der Waals surface area (Å²) in [6, 6.07) is 75.1. The van der Waals surface area contributed by atoms with Gasteiger partial charge in [0.1, 0.15) is 34.6 Å². The van der Waals surface area contributed by atoms with Crippen molar-refractivity contribution in [2.45, 2.75) is 10.8 Å². The molecule has 0 amide bonds. The van der Waals surface area contributed by atoms with E-state index in [1.807, 2.05) is 24.3 Å². The van der Waals surface area contributed by atoms with Crippen LogP contribution < -0.4 is 19.3 Å². The highest BCUT2D eigenvalue weighted by Gasteiger charge is 2.53. The molecule has 0 aromatic heterocycles. The third-order valence-electron chi connectivity index (χ3n) is 19.8. The van der Waals surface area contributed by atoms with E-state index in [9.17, 15) is 8.78 Å². The minimum absolute atomic E-state index is 0.125. The van der Waals surface area contributed by atoms with Crippen molar-refractivity contribution < 1.29 is 62.2 Å². The molecule has 0 spiro atoms. The molecule has 14 aromatic carbocycles. The Morgan fingerprint density at radius 3 is 0.830 bits per heavy atom. The van der Waals surface area contributed by atoms with Crippen molar-refractivity contribution in [3.8, 4) is 56.4 Å². The van der Waals surface area contributed by atoms with Crippen molar-refractivity contribution in [1.29, 1.82) is 0 Å². The van der Waals surface area contributed by atoms with E-state index in [1.165, 1.54) is 72.8 Å². The number of ether oxygens (including phenoxy) is 2. The minimum atomic E-state index is -2.33. The Morgan fingerprint density at radius 1 is 0.255 bits per heavy atom. The Kier molecular flexibility index (Phi) is 16.9. The molecule has 16 heteroatoms. The average Bonchev–Trinajstić information content (AvgIpc) is 1.51. The second-order valence-corrected chi connectivity index (χ2v) is 25.5. The minimum Gasteiger partial charge on any atom is -0.457 e. The van der Waals surface area contributed by atoms with Crippen LogP contribution in [0.4, 0.5) is 86.8 Å². The normalized spacial score (nSPS) is 14.6. The van der Waals surface area contributed by atoms with E-state index in [0.29, 0.717) is 90.5 Å².